The average molecular weight is 250 g/mol. The molecule has 1 N–H and O–H groups in total. The van der Waals surface area contributed by atoms with Gasteiger partial charge in [-0.15, -0.1) is 0 Å². The molecule has 0 saturated carbocycles. The van der Waals surface area contributed by atoms with Gasteiger partial charge in [-0.1, -0.05) is 26.7 Å². The molecule has 0 fully saturated rings. The zero-order valence-electron chi connectivity index (χ0n) is 11.3. The minimum atomic E-state index is -0.905. The molecular weight excluding hydrogens is 228 g/mol. The fourth-order valence-corrected chi connectivity index (χ4v) is 2.00. The molecule has 3 heteroatoms. The molecule has 0 aliphatic rings. The first-order valence-corrected chi connectivity index (χ1v) is 6.59. The smallest absolute Gasteiger partial charge is 0.191 e. The number of aliphatic hydroxyl groups is 1. The fraction of sp³-hybridized carbons (Fsp3) is 0.533. The summed E-state index contributed by atoms with van der Waals surface area (Å²) in [6.07, 6.45) is 0.707. The lowest BCUT2D eigenvalue weighted by atomic mass is 9.91. The number of aliphatic hydroxyl groups excluding tert-OH is 1. The van der Waals surface area contributed by atoms with E-state index in [0.29, 0.717) is 12.2 Å². The summed E-state index contributed by atoms with van der Waals surface area (Å²) in [6.45, 7) is 6.49. The van der Waals surface area contributed by atoms with E-state index in [-0.39, 0.29) is 11.7 Å². The molecule has 100 valence electrons. The second kappa shape index (κ2) is 7.17. The lowest BCUT2D eigenvalue weighted by Gasteiger charge is -2.18. The first-order valence-electron chi connectivity index (χ1n) is 6.59. The summed E-state index contributed by atoms with van der Waals surface area (Å²) < 4.78 is 5.32. The van der Waals surface area contributed by atoms with E-state index >= 15 is 0 Å². The van der Waals surface area contributed by atoms with Crippen molar-refractivity contribution in [1.29, 1.82) is 0 Å². The van der Waals surface area contributed by atoms with Gasteiger partial charge in [0.15, 0.2) is 5.78 Å². The summed E-state index contributed by atoms with van der Waals surface area (Å²) in [5.74, 6) is 0.571. The van der Waals surface area contributed by atoms with Crippen molar-refractivity contribution in [2.75, 3.05) is 6.61 Å². The Bertz CT molecular complexity index is 366. The Kier molecular flexibility index (Phi) is 5.86. The molecule has 1 unspecified atom stereocenters. The molecule has 0 saturated heterocycles. The minimum Gasteiger partial charge on any atom is -0.494 e. The molecule has 0 heterocycles. The van der Waals surface area contributed by atoms with E-state index in [9.17, 15) is 9.90 Å². The van der Waals surface area contributed by atoms with Crippen LogP contribution in [0.1, 0.15) is 44.0 Å². The third-order valence-corrected chi connectivity index (χ3v) is 3.21. The van der Waals surface area contributed by atoms with E-state index in [2.05, 4.69) is 0 Å². The Hall–Kier alpha value is -1.35. The van der Waals surface area contributed by atoms with Crippen LogP contribution in [0.25, 0.3) is 0 Å². The lowest BCUT2D eigenvalue weighted by Crippen LogP contribution is -2.28. The topological polar surface area (TPSA) is 46.5 Å². The van der Waals surface area contributed by atoms with E-state index in [1.54, 1.807) is 24.3 Å². The first-order chi connectivity index (χ1) is 8.63. The number of ether oxygens (including phenoxy) is 1. The van der Waals surface area contributed by atoms with Gasteiger partial charge in [-0.05, 0) is 37.1 Å². The summed E-state index contributed by atoms with van der Waals surface area (Å²) in [5.41, 5.74) is 0.540. The number of hydrogen-bond acceptors (Lipinski definition) is 3. The van der Waals surface area contributed by atoms with Gasteiger partial charge in [-0.25, -0.2) is 0 Å². The molecule has 0 aromatic heterocycles. The molecule has 1 aromatic rings. The number of carbonyl (C=O) groups excluding carboxylic acids is 1. The van der Waals surface area contributed by atoms with Gasteiger partial charge < -0.3 is 9.84 Å². The summed E-state index contributed by atoms with van der Waals surface area (Å²) >= 11 is 0. The predicted octanol–water partition coefficient (Wildman–Crippen LogP) is 3.07. The van der Waals surface area contributed by atoms with Crippen LogP contribution in [0.4, 0.5) is 0 Å². The van der Waals surface area contributed by atoms with Gasteiger partial charge in [0.25, 0.3) is 0 Å². The number of Topliss-reactive ketones (excluding diaryl/α,β-unsaturated/α-hetero) is 1. The molecule has 18 heavy (non-hydrogen) atoms. The van der Waals surface area contributed by atoms with Crippen LogP contribution < -0.4 is 4.74 Å². The number of rotatable bonds is 7. The molecule has 0 bridgehead atoms. The molecule has 0 aliphatic heterocycles. The molecule has 1 rings (SSSR count). The normalized spacial score (nSPS) is 12.5. The van der Waals surface area contributed by atoms with Gasteiger partial charge in [0, 0.05) is 5.56 Å². The molecule has 1 atom stereocenters. The lowest BCUT2D eigenvalue weighted by molar-refractivity contribution is 0.0588. The molecule has 1 aromatic carbocycles. The van der Waals surface area contributed by atoms with E-state index in [1.807, 2.05) is 20.8 Å². The van der Waals surface area contributed by atoms with Crippen LogP contribution in [0.2, 0.25) is 0 Å². The SMILES string of the molecule is CCOc1ccc(C(=O)C(O)C(CC)CC)cc1. The highest BCUT2D eigenvalue weighted by atomic mass is 16.5. The summed E-state index contributed by atoms with van der Waals surface area (Å²) in [6, 6.07) is 6.94. The highest BCUT2D eigenvalue weighted by Gasteiger charge is 2.24. The van der Waals surface area contributed by atoms with Crippen LogP contribution in [0.3, 0.4) is 0 Å². The van der Waals surface area contributed by atoms with Crippen molar-refractivity contribution in [3.8, 4) is 5.75 Å². The maximum absolute atomic E-state index is 12.1. The van der Waals surface area contributed by atoms with Gasteiger partial charge in [-0.3, -0.25) is 4.79 Å². The van der Waals surface area contributed by atoms with E-state index in [0.717, 1.165) is 18.6 Å². The Morgan fingerprint density at radius 3 is 2.17 bits per heavy atom. The summed E-state index contributed by atoms with van der Waals surface area (Å²) in [5, 5.41) is 10.0. The van der Waals surface area contributed by atoms with Crippen molar-refractivity contribution in [2.45, 2.75) is 39.7 Å². The van der Waals surface area contributed by atoms with Gasteiger partial charge in [0.05, 0.1) is 6.61 Å². The van der Waals surface area contributed by atoms with Crippen molar-refractivity contribution in [3.05, 3.63) is 29.8 Å². The average Bonchev–Trinajstić information content (AvgIpc) is 2.40. The molecule has 0 spiro atoms. The van der Waals surface area contributed by atoms with Crippen LogP contribution in [-0.4, -0.2) is 23.6 Å². The van der Waals surface area contributed by atoms with E-state index in [1.165, 1.54) is 0 Å². The van der Waals surface area contributed by atoms with Gasteiger partial charge in [0.1, 0.15) is 11.9 Å². The Morgan fingerprint density at radius 2 is 1.72 bits per heavy atom. The largest absolute Gasteiger partial charge is 0.494 e. The molecular formula is C15H22O3. The molecule has 0 radical (unpaired) electrons. The van der Waals surface area contributed by atoms with Crippen LogP contribution in [0.5, 0.6) is 5.75 Å². The van der Waals surface area contributed by atoms with Crippen molar-refractivity contribution in [1.82, 2.24) is 0 Å². The molecule has 3 nitrogen and oxygen atoms in total. The van der Waals surface area contributed by atoms with Crippen molar-refractivity contribution < 1.29 is 14.6 Å². The van der Waals surface area contributed by atoms with Crippen LogP contribution >= 0.6 is 0 Å². The molecule has 0 amide bonds. The predicted molar refractivity (Wildman–Crippen MR) is 72.0 cm³/mol. The summed E-state index contributed by atoms with van der Waals surface area (Å²) in [7, 11) is 0. The zero-order valence-corrected chi connectivity index (χ0v) is 11.3. The van der Waals surface area contributed by atoms with Crippen molar-refractivity contribution >= 4 is 5.78 Å². The third-order valence-electron chi connectivity index (χ3n) is 3.21. The first kappa shape index (κ1) is 14.7. The van der Waals surface area contributed by atoms with Gasteiger partial charge in [0.2, 0.25) is 0 Å². The Labute approximate surface area is 109 Å². The van der Waals surface area contributed by atoms with Crippen LogP contribution in [0, 0.1) is 5.92 Å². The van der Waals surface area contributed by atoms with Gasteiger partial charge >= 0.3 is 0 Å². The quantitative estimate of drug-likeness (QED) is 0.756. The number of benzene rings is 1. The zero-order chi connectivity index (χ0) is 13.5. The van der Waals surface area contributed by atoms with Crippen molar-refractivity contribution in [3.63, 3.8) is 0 Å². The maximum atomic E-state index is 12.1. The fourth-order valence-electron chi connectivity index (χ4n) is 2.00. The Balaban J connectivity index is 2.77. The number of hydrogen-bond donors (Lipinski definition) is 1. The second-order valence-electron chi connectivity index (χ2n) is 4.34. The van der Waals surface area contributed by atoms with E-state index < -0.39 is 6.10 Å². The third kappa shape index (κ3) is 3.57. The highest BCUT2D eigenvalue weighted by molar-refractivity contribution is 5.99. The van der Waals surface area contributed by atoms with Gasteiger partial charge in [-0.2, -0.15) is 0 Å². The molecule has 0 aliphatic carbocycles. The number of carbonyl (C=O) groups is 1. The minimum absolute atomic E-state index is 0.0315. The number of ketones is 1. The van der Waals surface area contributed by atoms with Crippen LogP contribution in [-0.2, 0) is 0 Å². The highest BCUT2D eigenvalue weighted by Crippen LogP contribution is 2.19. The summed E-state index contributed by atoms with van der Waals surface area (Å²) in [4.78, 5) is 12.1. The van der Waals surface area contributed by atoms with E-state index in [4.69, 9.17) is 4.74 Å². The monoisotopic (exact) mass is 250 g/mol. The maximum Gasteiger partial charge on any atom is 0.191 e. The standard InChI is InChI=1S/C15H22O3/c1-4-11(5-2)14(16)15(17)12-7-9-13(10-8-12)18-6-3/h7-11,14,16H,4-6H2,1-3H3. The second-order valence-corrected chi connectivity index (χ2v) is 4.34. The Morgan fingerprint density at radius 1 is 1.17 bits per heavy atom. The van der Waals surface area contributed by atoms with Crippen molar-refractivity contribution in [2.24, 2.45) is 5.92 Å². The van der Waals surface area contributed by atoms with Crippen LogP contribution in [0.15, 0.2) is 24.3 Å².